The van der Waals surface area contributed by atoms with Crippen LogP contribution in [-0.2, 0) is 4.79 Å². The minimum Gasteiger partial charge on any atom is -0.356 e. The Morgan fingerprint density at radius 1 is 1.18 bits per heavy atom. The molecule has 8 heteroatoms. The van der Waals surface area contributed by atoms with Gasteiger partial charge in [0.05, 0.1) is 5.56 Å². The van der Waals surface area contributed by atoms with Crippen molar-refractivity contribution >= 4 is 17.4 Å². The van der Waals surface area contributed by atoms with E-state index in [2.05, 4.69) is 25.5 Å². The summed E-state index contributed by atoms with van der Waals surface area (Å²) in [5.74, 6) is 0.991. The topological polar surface area (TPSA) is 75.4 Å². The van der Waals surface area contributed by atoms with Crippen LogP contribution in [0.15, 0.2) is 36.4 Å². The fraction of sp³-hybridized carbons (Fsp3) is 0.400. The maximum Gasteiger partial charge on any atom is 0.223 e. The summed E-state index contributed by atoms with van der Waals surface area (Å²) in [6.45, 7) is 4.27. The average Bonchev–Trinajstić information content (AvgIpc) is 3.15. The Balaban J connectivity index is 1.54. The van der Waals surface area contributed by atoms with E-state index in [1.54, 1.807) is 22.7 Å². The second-order valence-corrected chi connectivity index (χ2v) is 7.02. The highest BCUT2D eigenvalue weighted by Gasteiger charge is 2.26. The molecule has 4 rings (SSSR count). The molecule has 7 nitrogen and oxygen atoms in total. The molecule has 0 bridgehead atoms. The minimum absolute atomic E-state index is 0.0513. The van der Waals surface area contributed by atoms with E-state index in [1.165, 1.54) is 6.07 Å². The third-order valence-electron chi connectivity index (χ3n) is 5.10. The molecule has 1 saturated heterocycles. The molecular weight excluding hydrogens is 359 g/mol. The first-order valence-electron chi connectivity index (χ1n) is 9.67. The molecule has 1 amide bonds. The van der Waals surface area contributed by atoms with Crippen LogP contribution in [-0.4, -0.2) is 45.4 Å². The lowest BCUT2D eigenvalue weighted by molar-refractivity contribution is -0.125. The smallest absolute Gasteiger partial charge is 0.223 e. The lowest BCUT2D eigenvalue weighted by atomic mass is 9.96. The molecule has 3 heterocycles. The van der Waals surface area contributed by atoms with Gasteiger partial charge in [-0.25, -0.2) is 4.39 Å². The number of halogens is 1. The minimum atomic E-state index is -0.358. The summed E-state index contributed by atoms with van der Waals surface area (Å²) in [5.41, 5.74) is 0.932. The molecule has 0 unspecified atom stereocenters. The van der Waals surface area contributed by atoms with E-state index >= 15 is 0 Å². The van der Waals surface area contributed by atoms with Gasteiger partial charge in [0.15, 0.2) is 11.5 Å². The van der Waals surface area contributed by atoms with Crippen LogP contribution >= 0.6 is 0 Å². The van der Waals surface area contributed by atoms with E-state index in [0.717, 1.165) is 44.7 Å². The number of aromatic nitrogens is 4. The van der Waals surface area contributed by atoms with E-state index < -0.39 is 0 Å². The van der Waals surface area contributed by atoms with Crippen molar-refractivity contribution in [1.29, 1.82) is 0 Å². The molecule has 0 radical (unpaired) electrons. The van der Waals surface area contributed by atoms with Crippen molar-refractivity contribution in [3.8, 4) is 11.4 Å². The van der Waals surface area contributed by atoms with Crippen molar-refractivity contribution in [2.24, 2.45) is 5.92 Å². The molecule has 3 aromatic rings. The number of hydrogen-bond acceptors (Lipinski definition) is 5. The zero-order chi connectivity index (χ0) is 19.5. The molecule has 1 fully saturated rings. The molecule has 0 saturated carbocycles. The van der Waals surface area contributed by atoms with Gasteiger partial charge in [0.2, 0.25) is 5.91 Å². The fourth-order valence-electron chi connectivity index (χ4n) is 3.52. The molecule has 2 aromatic heterocycles. The molecule has 28 heavy (non-hydrogen) atoms. The van der Waals surface area contributed by atoms with E-state index in [9.17, 15) is 9.18 Å². The molecule has 1 aliphatic heterocycles. The number of rotatable bonds is 5. The van der Waals surface area contributed by atoms with Gasteiger partial charge in [-0.3, -0.25) is 4.79 Å². The van der Waals surface area contributed by atoms with Crippen LogP contribution in [0.2, 0.25) is 0 Å². The number of carbonyl (C=O) groups is 1. The van der Waals surface area contributed by atoms with Crippen LogP contribution < -0.4 is 10.2 Å². The SMILES string of the molecule is CCCNC(=O)C1CCN(c2ccc3nnc(-c4ccccc4F)n3n2)CC1. The first-order valence-corrected chi connectivity index (χ1v) is 9.67. The predicted octanol–water partition coefficient (Wildman–Crippen LogP) is 2.67. The van der Waals surface area contributed by atoms with Crippen molar-refractivity contribution < 1.29 is 9.18 Å². The second-order valence-electron chi connectivity index (χ2n) is 7.02. The summed E-state index contributed by atoms with van der Waals surface area (Å²) in [4.78, 5) is 14.3. The molecular formula is C20H23FN6O. The Morgan fingerprint density at radius 3 is 2.71 bits per heavy atom. The highest BCUT2D eigenvalue weighted by Crippen LogP contribution is 2.25. The highest BCUT2D eigenvalue weighted by atomic mass is 19.1. The highest BCUT2D eigenvalue weighted by molar-refractivity contribution is 5.78. The molecule has 0 aliphatic carbocycles. The van der Waals surface area contributed by atoms with Gasteiger partial charge in [0.25, 0.3) is 0 Å². The Labute approximate surface area is 162 Å². The number of nitrogens with zero attached hydrogens (tertiary/aromatic N) is 5. The number of amides is 1. The third-order valence-corrected chi connectivity index (χ3v) is 5.10. The maximum atomic E-state index is 14.2. The average molecular weight is 382 g/mol. The van der Waals surface area contributed by atoms with Gasteiger partial charge in [0.1, 0.15) is 11.6 Å². The number of hydrogen-bond donors (Lipinski definition) is 1. The van der Waals surface area contributed by atoms with Crippen molar-refractivity contribution in [1.82, 2.24) is 25.1 Å². The van der Waals surface area contributed by atoms with Crippen molar-refractivity contribution in [2.75, 3.05) is 24.5 Å². The lowest BCUT2D eigenvalue weighted by Gasteiger charge is -2.32. The van der Waals surface area contributed by atoms with Gasteiger partial charge >= 0.3 is 0 Å². The Hall–Kier alpha value is -3.03. The van der Waals surface area contributed by atoms with Crippen molar-refractivity contribution in [3.05, 3.63) is 42.2 Å². The number of benzene rings is 1. The number of fused-ring (bicyclic) bond motifs is 1. The molecule has 1 aliphatic rings. The monoisotopic (exact) mass is 382 g/mol. The second kappa shape index (κ2) is 7.92. The molecule has 146 valence electrons. The van der Waals surface area contributed by atoms with E-state index in [1.807, 2.05) is 19.1 Å². The Kier molecular flexibility index (Phi) is 5.18. The summed E-state index contributed by atoms with van der Waals surface area (Å²) in [6, 6.07) is 10.2. The number of nitrogens with one attached hydrogen (secondary N) is 1. The number of carbonyl (C=O) groups excluding carboxylic acids is 1. The van der Waals surface area contributed by atoms with Gasteiger partial charge in [-0.15, -0.1) is 15.3 Å². The first kappa shape index (κ1) is 18.3. The number of anilines is 1. The van der Waals surface area contributed by atoms with Crippen molar-refractivity contribution in [3.63, 3.8) is 0 Å². The maximum absolute atomic E-state index is 14.2. The van der Waals surface area contributed by atoms with Crippen LogP contribution in [0.25, 0.3) is 17.0 Å². The van der Waals surface area contributed by atoms with E-state index in [0.29, 0.717) is 17.0 Å². The van der Waals surface area contributed by atoms with Crippen molar-refractivity contribution in [2.45, 2.75) is 26.2 Å². The fourth-order valence-corrected chi connectivity index (χ4v) is 3.52. The summed E-state index contributed by atoms with van der Waals surface area (Å²) in [5, 5.41) is 15.8. The van der Waals surface area contributed by atoms with E-state index in [4.69, 9.17) is 0 Å². The van der Waals surface area contributed by atoms with Gasteiger partial charge in [-0.2, -0.15) is 4.52 Å². The predicted molar refractivity (Wildman–Crippen MR) is 104 cm³/mol. The quantitative estimate of drug-likeness (QED) is 0.734. The molecule has 0 atom stereocenters. The third kappa shape index (κ3) is 3.54. The van der Waals surface area contributed by atoms with Gasteiger partial charge in [0, 0.05) is 25.6 Å². The summed E-state index contributed by atoms with van der Waals surface area (Å²) < 4.78 is 15.8. The van der Waals surface area contributed by atoms with Crippen LogP contribution in [0.3, 0.4) is 0 Å². The van der Waals surface area contributed by atoms with Crippen LogP contribution in [0, 0.1) is 11.7 Å². The van der Waals surface area contributed by atoms with Gasteiger partial charge in [-0.05, 0) is 43.5 Å². The summed E-state index contributed by atoms with van der Waals surface area (Å²) in [7, 11) is 0. The molecule has 1 aromatic carbocycles. The largest absolute Gasteiger partial charge is 0.356 e. The Morgan fingerprint density at radius 2 is 1.96 bits per heavy atom. The molecule has 0 spiro atoms. The van der Waals surface area contributed by atoms with Crippen LogP contribution in [0.4, 0.5) is 10.2 Å². The van der Waals surface area contributed by atoms with Crippen LogP contribution in [0.5, 0.6) is 0 Å². The first-order chi connectivity index (χ1) is 13.7. The van der Waals surface area contributed by atoms with Gasteiger partial charge in [-0.1, -0.05) is 19.1 Å². The zero-order valence-electron chi connectivity index (χ0n) is 15.8. The normalized spacial score (nSPS) is 15.1. The summed E-state index contributed by atoms with van der Waals surface area (Å²) in [6.07, 6.45) is 2.52. The Bertz CT molecular complexity index is 980. The summed E-state index contributed by atoms with van der Waals surface area (Å²) >= 11 is 0. The van der Waals surface area contributed by atoms with Gasteiger partial charge < -0.3 is 10.2 Å². The zero-order valence-corrected chi connectivity index (χ0v) is 15.8. The lowest BCUT2D eigenvalue weighted by Crippen LogP contribution is -2.41. The molecule has 1 N–H and O–H groups in total. The number of piperidine rings is 1. The van der Waals surface area contributed by atoms with Crippen LogP contribution in [0.1, 0.15) is 26.2 Å². The standard InChI is InChI=1S/C20H23FN6O/c1-2-11-22-20(28)14-9-12-26(13-10-14)18-8-7-17-23-24-19(27(17)25-18)15-5-3-4-6-16(15)21/h3-8,14H,2,9-13H2,1H3,(H,22,28). The van der Waals surface area contributed by atoms with E-state index in [-0.39, 0.29) is 17.6 Å².